The highest BCUT2D eigenvalue weighted by molar-refractivity contribution is 7.98. The van der Waals surface area contributed by atoms with Crippen molar-refractivity contribution in [1.29, 1.82) is 0 Å². The summed E-state index contributed by atoms with van der Waals surface area (Å²) in [6.07, 6.45) is -0.492. The molecule has 2 aromatic carbocycles. The van der Waals surface area contributed by atoms with Crippen molar-refractivity contribution in [2.45, 2.75) is 70.7 Å². The van der Waals surface area contributed by atoms with Gasteiger partial charge in [0.2, 0.25) is 5.78 Å². The molecule has 0 saturated heterocycles. The molecule has 204 valence electrons. The lowest BCUT2D eigenvalue weighted by molar-refractivity contribution is -0.171. The highest BCUT2D eigenvalue weighted by Crippen LogP contribution is 2.41. The van der Waals surface area contributed by atoms with Crippen molar-refractivity contribution in [1.82, 2.24) is 0 Å². The molecular formula is C29H31F3O5S. The van der Waals surface area contributed by atoms with Gasteiger partial charge in [-0.2, -0.15) is 13.2 Å². The average molecular weight is 549 g/mol. The molecule has 38 heavy (non-hydrogen) atoms. The van der Waals surface area contributed by atoms with E-state index in [4.69, 9.17) is 13.9 Å². The number of rotatable bonds is 7. The lowest BCUT2D eigenvalue weighted by Gasteiger charge is -2.30. The van der Waals surface area contributed by atoms with Crippen LogP contribution in [-0.2, 0) is 15.7 Å². The maximum Gasteiger partial charge on any atom is 0.420 e. The first kappa shape index (κ1) is 29.4. The van der Waals surface area contributed by atoms with E-state index in [0.717, 1.165) is 11.0 Å². The number of hydrogen-bond donors (Lipinski definition) is 0. The molecule has 5 nitrogen and oxygen atoms in total. The van der Waals surface area contributed by atoms with Crippen molar-refractivity contribution in [2.24, 2.45) is 0 Å². The molecule has 0 atom stereocenters. The number of ether oxygens (including phenoxy) is 2. The van der Waals surface area contributed by atoms with Crippen molar-refractivity contribution in [3.05, 3.63) is 64.4 Å². The maximum atomic E-state index is 13.9. The van der Waals surface area contributed by atoms with Gasteiger partial charge in [0.05, 0.1) is 0 Å². The predicted molar refractivity (Wildman–Crippen MR) is 143 cm³/mol. The fraction of sp³-hybridized carbons (Fsp3) is 0.379. The Morgan fingerprint density at radius 2 is 1.58 bits per heavy atom. The molecule has 0 bridgehead atoms. The number of carbonyl (C=O) groups is 2. The number of aryl methyl sites for hydroxylation is 2. The van der Waals surface area contributed by atoms with E-state index in [0.29, 0.717) is 22.4 Å². The van der Waals surface area contributed by atoms with Crippen LogP contribution in [0.2, 0.25) is 0 Å². The second-order valence-corrected chi connectivity index (χ2v) is 11.3. The molecule has 3 rings (SSSR count). The third-order valence-corrected chi connectivity index (χ3v) is 6.29. The topological polar surface area (TPSA) is 65.7 Å². The van der Waals surface area contributed by atoms with E-state index in [1.807, 2.05) is 0 Å². The summed E-state index contributed by atoms with van der Waals surface area (Å²) < 4.78 is 58.5. The summed E-state index contributed by atoms with van der Waals surface area (Å²) in [5.41, 5.74) is -1.09. The number of thioether (sulfide) groups is 1. The zero-order chi connectivity index (χ0) is 28.6. The molecule has 0 amide bonds. The molecule has 0 N–H and O–H groups in total. The quantitative estimate of drug-likeness (QED) is 0.128. The van der Waals surface area contributed by atoms with E-state index >= 15 is 0 Å². The van der Waals surface area contributed by atoms with Gasteiger partial charge in [0.1, 0.15) is 22.5 Å². The summed E-state index contributed by atoms with van der Waals surface area (Å²) in [5.74, 6) is -1.70. The van der Waals surface area contributed by atoms with Gasteiger partial charge in [0.15, 0.2) is 11.4 Å². The minimum Gasteiger partial charge on any atom is -0.476 e. The molecule has 3 aromatic rings. The lowest BCUT2D eigenvalue weighted by atomic mass is 10.0. The van der Waals surface area contributed by atoms with E-state index in [1.165, 1.54) is 30.0 Å². The highest BCUT2D eigenvalue weighted by atomic mass is 32.2. The van der Waals surface area contributed by atoms with Crippen LogP contribution in [0.3, 0.4) is 0 Å². The van der Waals surface area contributed by atoms with Crippen molar-refractivity contribution in [3.63, 3.8) is 0 Å². The molecule has 1 aromatic heterocycles. The van der Waals surface area contributed by atoms with E-state index in [2.05, 4.69) is 0 Å². The number of alkyl halides is 3. The number of furan rings is 1. The van der Waals surface area contributed by atoms with Crippen LogP contribution in [0, 0.1) is 13.8 Å². The Morgan fingerprint density at radius 1 is 0.974 bits per heavy atom. The Morgan fingerprint density at radius 3 is 2.11 bits per heavy atom. The molecule has 0 aliphatic heterocycles. The van der Waals surface area contributed by atoms with Crippen LogP contribution in [0.15, 0.2) is 45.7 Å². The highest BCUT2D eigenvalue weighted by Gasteiger charge is 2.40. The van der Waals surface area contributed by atoms with Gasteiger partial charge in [0.25, 0.3) is 0 Å². The van der Waals surface area contributed by atoms with Gasteiger partial charge >= 0.3 is 12.1 Å². The number of benzene rings is 2. The Hall–Kier alpha value is -3.20. The molecule has 0 saturated carbocycles. The van der Waals surface area contributed by atoms with Crippen LogP contribution in [0.4, 0.5) is 13.2 Å². The van der Waals surface area contributed by atoms with E-state index in [1.54, 1.807) is 72.9 Å². The largest absolute Gasteiger partial charge is 0.476 e. The maximum absolute atomic E-state index is 13.9. The molecule has 0 radical (unpaired) electrons. The fourth-order valence-corrected chi connectivity index (χ4v) is 4.27. The van der Waals surface area contributed by atoms with E-state index in [9.17, 15) is 22.8 Å². The number of carbonyl (C=O) groups excluding carboxylic acids is 2. The normalized spacial score (nSPS) is 12.8. The zero-order valence-electron chi connectivity index (χ0n) is 22.6. The third-order valence-electron chi connectivity index (χ3n) is 5.56. The number of halogens is 3. The summed E-state index contributed by atoms with van der Waals surface area (Å²) >= 11 is 1.36. The summed E-state index contributed by atoms with van der Waals surface area (Å²) in [6.45, 7) is 12.1. The summed E-state index contributed by atoms with van der Waals surface area (Å²) in [4.78, 5) is 26.2. The van der Waals surface area contributed by atoms with E-state index < -0.39 is 40.5 Å². The van der Waals surface area contributed by atoms with Crippen LogP contribution >= 0.6 is 11.8 Å². The smallest absolute Gasteiger partial charge is 0.420 e. The number of ketones is 1. The van der Waals surface area contributed by atoms with E-state index in [-0.39, 0.29) is 11.0 Å². The van der Waals surface area contributed by atoms with Crippen LogP contribution < -0.4 is 4.74 Å². The summed E-state index contributed by atoms with van der Waals surface area (Å²) in [6, 6.07) is 7.79. The second-order valence-electron chi connectivity index (χ2n) is 10.5. The second kappa shape index (κ2) is 10.5. The van der Waals surface area contributed by atoms with Crippen molar-refractivity contribution in [2.75, 3.05) is 6.26 Å². The molecule has 0 aliphatic rings. The minimum absolute atomic E-state index is 0.00159. The summed E-state index contributed by atoms with van der Waals surface area (Å²) in [5, 5.41) is -0.159. The zero-order valence-corrected chi connectivity index (χ0v) is 23.4. The number of allylic oxidation sites excluding steroid dienone is 1. The van der Waals surface area contributed by atoms with Crippen LogP contribution in [0.1, 0.15) is 67.4 Å². The SMILES string of the molecule is CSc1ccc2c(C(F)(F)F)c(C(=O)/C=C/c3cc(C)c(OC(C)(C)C(=O)OC(C)(C)C)c(C)c3)oc2c1. The van der Waals surface area contributed by atoms with Crippen LogP contribution in [-0.4, -0.2) is 29.2 Å². The third kappa shape index (κ3) is 6.62. The van der Waals surface area contributed by atoms with Gasteiger partial charge in [-0.15, -0.1) is 11.8 Å². The van der Waals surface area contributed by atoms with Gasteiger partial charge in [0, 0.05) is 10.3 Å². The molecule has 1 heterocycles. The average Bonchev–Trinajstić information content (AvgIpc) is 3.18. The van der Waals surface area contributed by atoms with Crippen molar-refractivity contribution in [3.8, 4) is 5.75 Å². The number of fused-ring (bicyclic) bond motifs is 1. The van der Waals surface area contributed by atoms with Crippen LogP contribution in [0.25, 0.3) is 17.0 Å². The fourth-order valence-electron chi connectivity index (χ4n) is 3.85. The Balaban J connectivity index is 1.90. The Bertz CT molecular complexity index is 1390. The number of hydrogen-bond acceptors (Lipinski definition) is 6. The van der Waals surface area contributed by atoms with Gasteiger partial charge in [-0.1, -0.05) is 6.08 Å². The van der Waals surface area contributed by atoms with Crippen molar-refractivity contribution >= 4 is 40.6 Å². The number of esters is 1. The molecule has 9 heteroatoms. The minimum atomic E-state index is -4.77. The first-order chi connectivity index (χ1) is 17.4. The van der Waals surface area contributed by atoms with Crippen LogP contribution in [0.5, 0.6) is 5.75 Å². The Labute approximate surface area is 224 Å². The van der Waals surface area contributed by atoms with Gasteiger partial charge in [-0.3, -0.25) is 4.79 Å². The molecule has 0 aliphatic carbocycles. The lowest BCUT2D eigenvalue weighted by Crippen LogP contribution is -2.43. The Kier molecular flexibility index (Phi) is 8.13. The van der Waals surface area contributed by atoms with Gasteiger partial charge in [-0.25, -0.2) is 4.79 Å². The van der Waals surface area contributed by atoms with Gasteiger partial charge in [-0.05, 0) is 108 Å². The molecule has 0 fully saturated rings. The first-order valence-corrected chi connectivity index (χ1v) is 13.1. The van der Waals surface area contributed by atoms with Crippen molar-refractivity contribution < 1.29 is 36.7 Å². The van der Waals surface area contributed by atoms with Gasteiger partial charge < -0.3 is 13.9 Å². The summed E-state index contributed by atoms with van der Waals surface area (Å²) in [7, 11) is 0. The molecule has 0 unspecified atom stereocenters. The predicted octanol–water partition coefficient (Wildman–Crippen LogP) is 8.19. The molecule has 0 spiro atoms. The monoisotopic (exact) mass is 548 g/mol. The standard InChI is InChI=1S/C29H31F3O5S/c1-16-13-18(14-17(2)24(16)36-28(6,7)26(34)37-27(3,4)5)9-12-21(33)25-23(29(30,31)32)20-11-10-19(38-8)15-22(20)35-25/h9-15H,1-8H3/b12-9+. The first-order valence-electron chi connectivity index (χ1n) is 11.9. The molecular weight excluding hydrogens is 517 g/mol.